The van der Waals surface area contributed by atoms with Gasteiger partial charge in [0, 0.05) is 13.0 Å². The Hall–Kier alpha value is -1.24. The van der Waals surface area contributed by atoms with E-state index in [-0.39, 0.29) is 17.2 Å². The first kappa shape index (κ1) is 13.2. The van der Waals surface area contributed by atoms with Crippen molar-refractivity contribution in [1.29, 1.82) is 0 Å². The lowest BCUT2D eigenvalue weighted by atomic mass is 10.1. The van der Waals surface area contributed by atoms with Crippen molar-refractivity contribution in [2.45, 2.75) is 24.7 Å². The van der Waals surface area contributed by atoms with Crippen molar-refractivity contribution in [3.8, 4) is 0 Å². The monoisotopic (exact) mass is 269 g/mol. The van der Waals surface area contributed by atoms with Gasteiger partial charge in [0.05, 0.1) is 11.4 Å². The highest BCUT2D eigenvalue weighted by atomic mass is 32.2. The van der Waals surface area contributed by atoms with Crippen LogP contribution in [0.2, 0.25) is 0 Å². The maximum atomic E-state index is 11.9. The molecule has 0 unspecified atom stereocenters. The molecule has 1 aliphatic rings. The van der Waals surface area contributed by atoms with E-state index in [0.717, 1.165) is 5.56 Å². The molecule has 1 aliphatic heterocycles. The summed E-state index contributed by atoms with van der Waals surface area (Å²) in [5.41, 5.74) is 0.974. The summed E-state index contributed by atoms with van der Waals surface area (Å²) >= 11 is 0. The van der Waals surface area contributed by atoms with Crippen molar-refractivity contribution in [3.63, 3.8) is 0 Å². The van der Waals surface area contributed by atoms with E-state index in [1.807, 2.05) is 6.92 Å². The number of benzene rings is 1. The largest absolute Gasteiger partial charge is 0.313 e. The average molecular weight is 269 g/mol. The number of carbonyl (C=O) groups excluding carboxylic acids is 1. The van der Waals surface area contributed by atoms with E-state index < -0.39 is 10.1 Å². The number of nitrogens with zero attached hydrogens (tertiary/aromatic N) is 1. The second-order valence-corrected chi connectivity index (χ2v) is 5.88. The van der Waals surface area contributed by atoms with Crippen molar-refractivity contribution in [1.82, 2.24) is 5.06 Å². The quantitative estimate of drug-likeness (QED) is 0.827. The third-order valence-electron chi connectivity index (χ3n) is 2.73. The van der Waals surface area contributed by atoms with Crippen molar-refractivity contribution >= 4 is 15.9 Å². The minimum Gasteiger partial charge on any atom is -0.298 e. The Morgan fingerprint density at radius 1 is 1.22 bits per heavy atom. The second-order valence-electron chi connectivity index (χ2n) is 4.35. The van der Waals surface area contributed by atoms with Gasteiger partial charge in [-0.3, -0.25) is 4.79 Å². The molecule has 0 aromatic heterocycles. The Labute approximate surface area is 106 Å². The summed E-state index contributed by atoms with van der Waals surface area (Å²) < 4.78 is 28.8. The molecule has 0 N–H and O–H groups in total. The molecule has 98 valence electrons. The zero-order valence-electron chi connectivity index (χ0n) is 10.1. The summed E-state index contributed by atoms with van der Waals surface area (Å²) in [6.07, 6.45) is 1.12. The summed E-state index contributed by atoms with van der Waals surface area (Å²) in [5, 5.41) is 1.21. The predicted molar refractivity (Wildman–Crippen MR) is 65.3 cm³/mol. The number of hydrogen-bond acceptors (Lipinski definition) is 5. The fourth-order valence-corrected chi connectivity index (χ4v) is 2.72. The fourth-order valence-electron chi connectivity index (χ4n) is 1.76. The minimum absolute atomic E-state index is 0.000330. The third kappa shape index (κ3) is 3.16. The van der Waals surface area contributed by atoms with Gasteiger partial charge in [0.15, 0.2) is 0 Å². The van der Waals surface area contributed by atoms with Gasteiger partial charge in [-0.15, -0.1) is 0 Å². The molecule has 0 saturated carbocycles. The standard InChI is InChI=1S/C12H15NO4S/c1-10-4-6-12(7-5-10)18(15,16)17-13-8-2-3-11(14)9-13/h4-7H,2-3,8-9H2,1H3. The van der Waals surface area contributed by atoms with Crippen LogP contribution in [0.3, 0.4) is 0 Å². The molecule has 1 fully saturated rings. The van der Waals surface area contributed by atoms with E-state index in [1.54, 1.807) is 12.1 Å². The zero-order chi connectivity index (χ0) is 13.2. The van der Waals surface area contributed by atoms with Crippen LogP contribution in [-0.4, -0.2) is 32.4 Å². The molecule has 0 spiro atoms. The Kier molecular flexibility index (Phi) is 3.79. The lowest BCUT2D eigenvalue weighted by Crippen LogP contribution is -2.37. The number of aryl methyl sites for hydroxylation is 1. The Bertz CT molecular complexity index is 536. The van der Waals surface area contributed by atoms with Gasteiger partial charge in [-0.1, -0.05) is 17.7 Å². The van der Waals surface area contributed by atoms with E-state index in [1.165, 1.54) is 17.2 Å². The van der Waals surface area contributed by atoms with E-state index in [9.17, 15) is 13.2 Å². The molecular formula is C12H15NO4S. The van der Waals surface area contributed by atoms with Gasteiger partial charge in [0.2, 0.25) is 0 Å². The summed E-state index contributed by atoms with van der Waals surface area (Å²) in [5.74, 6) is 0.000330. The van der Waals surface area contributed by atoms with Crippen LogP contribution in [-0.2, 0) is 19.2 Å². The number of hydrogen-bond donors (Lipinski definition) is 0. The average Bonchev–Trinajstić information content (AvgIpc) is 2.29. The van der Waals surface area contributed by atoms with Crippen LogP contribution in [0.15, 0.2) is 29.2 Å². The van der Waals surface area contributed by atoms with E-state index in [0.29, 0.717) is 19.4 Å². The lowest BCUT2D eigenvalue weighted by Gasteiger charge is -2.23. The zero-order valence-corrected chi connectivity index (χ0v) is 10.9. The van der Waals surface area contributed by atoms with Crippen LogP contribution in [0.5, 0.6) is 0 Å². The maximum absolute atomic E-state index is 11.9. The number of piperidine rings is 1. The first-order valence-corrected chi connectivity index (χ1v) is 7.16. The molecule has 2 rings (SSSR count). The smallest absolute Gasteiger partial charge is 0.298 e. The van der Waals surface area contributed by atoms with E-state index >= 15 is 0 Å². The first-order chi connectivity index (χ1) is 8.47. The molecule has 1 heterocycles. The normalized spacial score (nSPS) is 17.9. The lowest BCUT2D eigenvalue weighted by molar-refractivity contribution is -0.134. The van der Waals surface area contributed by atoms with Gasteiger partial charge < -0.3 is 0 Å². The summed E-state index contributed by atoms with van der Waals surface area (Å²) in [7, 11) is -3.83. The van der Waals surface area contributed by atoms with Crippen molar-refractivity contribution in [3.05, 3.63) is 29.8 Å². The molecule has 1 aromatic rings. The number of carbonyl (C=O) groups is 1. The maximum Gasteiger partial charge on any atom is 0.313 e. The van der Waals surface area contributed by atoms with Crippen LogP contribution in [0.4, 0.5) is 0 Å². The molecule has 0 radical (unpaired) electrons. The fraction of sp³-hybridized carbons (Fsp3) is 0.417. The van der Waals surface area contributed by atoms with Gasteiger partial charge in [-0.05, 0) is 25.5 Å². The van der Waals surface area contributed by atoms with Crippen molar-refractivity contribution < 1.29 is 17.5 Å². The topological polar surface area (TPSA) is 63.7 Å². The number of Topliss-reactive ketones (excluding diaryl/α,β-unsaturated/α-hetero) is 1. The van der Waals surface area contributed by atoms with Crippen LogP contribution in [0.1, 0.15) is 18.4 Å². The molecule has 6 heteroatoms. The highest BCUT2D eigenvalue weighted by molar-refractivity contribution is 7.86. The minimum atomic E-state index is -3.83. The molecule has 1 saturated heterocycles. The second kappa shape index (κ2) is 5.17. The highest BCUT2D eigenvalue weighted by Gasteiger charge is 2.24. The van der Waals surface area contributed by atoms with Crippen LogP contribution >= 0.6 is 0 Å². The Morgan fingerprint density at radius 3 is 2.50 bits per heavy atom. The highest BCUT2D eigenvalue weighted by Crippen LogP contribution is 2.16. The molecule has 0 amide bonds. The van der Waals surface area contributed by atoms with Gasteiger partial charge in [-0.25, -0.2) is 0 Å². The van der Waals surface area contributed by atoms with Gasteiger partial charge in [0.25, 0.3) is 0 Å². The predicted octanol–water partition coefficient (Wildman–Crippen LogP) is 1.28. The molecular weight excluding hydrogens is 254 g/mol. The van der Waals surface area contributed by atoms with Gasteiger partial charge in [-0.2, -0.15) is 17.8 Å². The molecule has 5 nitrogen and oxygen atoms in total. The number of ketones is 1. The van der Waals surface area contributed by atoms with Crippen molar-refractivity contribution in [2.24, 2.45) is 0 Å². The SMILES string of the molecule is Cc1ccc(S(=O)(=O)ON2CCCC(=O)C2)cc1. The number of rotatable bonds is 3. The Morgan fingerprint density at radius 2 is 1.89 bits per heavy atom. The van der Waals surface area contributed by atoms with Crippen molar-refractivity contribution in [2.75, 3.05) is 13.1 Å². The third-order valence-corrected chi connectivity index (χ3v) is 3.99. The van der Waals surface area contributed by atoms with Crippen LogP contribution in [0.25, 0.3) is 0 Å². The molecule has 18 heavy (non-hydrogen) atoms. The van der Waals surface area contributed by atoms with Crippen LogP contribution in [0, 0.1) is 6.92 Å². The molecule has 1 aromatic carbocycles. The molecule has 0 bridgehead atoms. The van der Waals surface area contributed by atoms with Crippen LogP contribution < -0.4 is 0 Å². The summed E-state index contributed by atoms with van der Waals surface area (Å²) in [6.45, 7) is 2.36. The summed E-state index contributed by atoms with van der Waals surface area (Å²) in [6, 6.07) is 6.40. The Balaban J connectivity index is 2.11. The summed E-state index contributed by atoms with van der Waals surface area (Å²) in [4.78, 5) is 11.3. The van der Waals surface area contributed by atoms with Gasteiger partial charge >= 0.3 is 10.1 Å². The van der Waals surface area contributed by atoms with E-state index in [2.05, 4.69) is 0 Å². The molecule has 0 atom stereocenters. The number of hydroxylamine groups is 2. The van der Waals surface area contributed by atoms with Gasteiger partial charge in [0.1, 0.15) is 5.78 Å². The van der Waals surface area contributed by atoms with E-state index in [4.69, 9.17) is 4.28 Å². The first-order valence-electron chi connectivity index (χ1n) is 5.75. The molecule has 0 aliphatic carbocycles.